The lowest BCUT2D eigenvalue weighted by Crippen LogP contribution is -2.42. The maximum Gasteiger partial charge on any atom is 0.124 e. The molecule has 1 aliphatic heterocycles. The van der Waals surface area contributed by atoms with E-state index in [1.54, 1.807) is 11.3 Å². The molecule has 0 amide bonds. The molecule has 106 valence electrons. The second-order valence-corrected chi connectivity index (χ2v) is 6.27. The predicted octanol–water partition coefficient (Wildman–Crippen LogP) is 3.59. The minimum atomic E-state index is 0.119. The van der Waals surface area contributed by atoms with Crippen molar-refractivity contribution < 1.29 is 4.74 Å². The van der Waals surface area contributed by atoms with Crippen molar-refractivity contribution in [1.82, 2.24) is 9.88 Å². The van der Waals surface area contributed by atoms with E-state index < -0.39 is 0 Å². The smallest absolute Gasteiger partial charge is 0.124 e. The van der Waals surface area contributed by atoms with Gasteiger partial charge in [0.25, 0.3) is 0 Å². The molecule has 1 atom stereocenters. The summed E-state index contributed by atoms with van der Waals surface area (Å²) in [5, 5.41) is 3.22. The second-order valence-electron chi connectivity index (χ2n) is 5.39. The molecule has 0 aliphatic carbocycles. The third kappa shape index (κ3) is 2.92. The van der Waals surface area contributed by atoms with Crippen molar-refractivity contribution in [2.75, 3.05) is 19.7 Å². The number of nitrogens with zero attached hydrogens (tertiary/aromatic N) is 2. The van der Waals surface area contributed by atoms with E-state index >= 15 is 0 Å². The molecule has 1 aromatic carbocycles. The molecule has 1 aromatic heterocycles. The quantitative estimate of drug-likeness (QED) is 0.863. The maximum atomic E-state index is 5.90. The zero-order valence-electron chi connectivity index (χ0n) is 12.0. The van der Waals surface area contributed by atoms with Crippen LogP contribution in [0.2, 0.25) is 0 Å². The Morgan fingerprint density at radius 2 is 2.10 bits per heavy atom. The van der Waals surface area contributed by atoms with Crippen molar-refractivity contribution >= 4 is 11.3 Å². The minimum absolute atomic E-state index is 0.119. The zero-order chi connectivity index (χ0) is 13.9. The Morgan fingerprint density at radius 1 is 1.30 bits per heavy atom. The molecule has 4 heteroatoms. The van der Waals surface area contributed by atoms with Gasteiger partial charge in [0.05, 0.1) is 12.3 Å². The maximum absolute atomic E-state index is 5.90. The van der Waals surface area contributed by atoms with Crippen LogP contribution in [0.15, 0.2) is 35.7 Å². The summed E-state index contributed by atoms with van der Waals surface area (Å²) in [6.45, 7) is 7.23. The molecule has 1 unspecified atom stereocenters. The molecule has 2 aromatic rings. The van der Waals surface area contributed by atoms with Gasteiger partial charge >= 0.3 is 0 Å². The van der Waals surface area contributed by atoms with E-state index in [4.69, 9.17) is 9.72 Å². The third-order valence-corrected chi connectivity index (χ3v) is 4.63. The van der Waals surface area contributed by atoms with Crippen molar-refractivity contribution in [3.8, 4) is 11.3 Å². The van der Waals surface area contributed by atoms with Gasteiger partial charge in [-0.25, -0.2) is 4.98 Å². The summed E-state index contributed by atoms with van der Waals surface area (Å²) in [5.74, 6) is 0. The van der Waals surface area contributed by atoms with E-state index in [2.05, 4.69) is 36.3 Å². The van der Waals surface area contributed by atoms with Crippen LogP contribution in [0.3, 0.4) is 0 Å². The average molecular weight is 288 g/mol. The zero-order valence-corrected chi connectivity index (χ0v) is 12.8. The highest BCUT2D eigenvalue weighted by atomic mass is 32.1. The van der Waals surface area contributed by atoms with Gasteiger partial charge in [-0.15, -0.1) is 11.3 Å². The van der Waals surface area contributed by atoms with E-state index in [-0.39, 0.29) is 6.10 Å². The van der Waals surface area contributed by atoms with Gasteiger partial charge in [0.2, 0.25) is 0 Å². The predicted molar refractivity (Wildman–Crippen MR) is 83.0 cm³/mol. The molecule has 3 nitrogen and oxygen atoms in total. The molecule has 0 spiro atoms. The minimum Gasteiger partial charge on any atom is -0.368 e. The van der Waals surface area contributed by atoms with E-state index in [1.165, 1.54) is 5.56 Å². The van der Waals surface area contributed by atoms with Crippen LogP contribution >= 0.6 is 11.3 Å². The van der Waals surface area contributed by atoms with E-state index in [0.717, 1.165) is 30.4 Å². The van der Waals surface area contributed by atoms with E-state index in [0.29, 0.717) is 6.04 Å². The fourth-order valence-corrected chi connectivity index (χ4v) is 3.33. The van der Waals surface area contributed by atoms with Gasteiger partial charge < -0.3 is 4.74 Å². The van der Waals surface area contributed by atoms with Gasteiger partial charge in [-0.05, 0) is 13.8 Å². The summed E-state index contributed by atoms with van der Waals surface area (Å²) in [6, 6.07) is 10.9. The topological polar surface area (TPSA) is 25.4 Å². The van der Waals surface area contributed by atoms with Gasteiger partial charge in [-0.2, -0.15) is 0 Å². The fourth-order valence-electron chi connectivity index (χ4n) is 2.46. The fraction of sp³-hybridized carbons (Fsp3) is 0.438. The highest BCUT2D eigenvalue weighted by Crippen LogP contribution is 2.29. The monoisotopic (exact) mass is 288 g/mol. The van der Waals surface area contributed by atoms with Gasteiger partial charge in [0.1, 0.15) is 11.1 Å². The van der Waals surface area contributed by atoms with Crippen molar-refractivity contribution in [1.29, 1.82) is 0 Å². The Morgan fingerprint density at radius 3 is 2.85 bits per heavy atom. The third-order valence-electron chi connectivity index (χ3n) is 3.70. The first-order valence-electron chi connectivity index (χ1n) is 7.10. The first-order valence-corrected chi connectivity index (χ1v) is 7.98. The number of rotatable bonds is 3. The van der Waals surface area contributed by atoms with Crippen molar-refractivity contribution in [2.45, 2.75) is 26.0 Å². The largest absolute Gasteiger partial charge is 0.368 e. The van der Waals surface area contributed by atoms with Crippen LogP contribution in [0, 0.1) is 0 Å². The molecule has 20 heavy (non-hydrogen) atoms. The van der Waals surface area contributed by atoms with Crippen LogP contribution in [0.4, 0.5) is 0 Å². The summed E-state index contributed by atoms with van der Waals surface area (Å²) in [6.07, 6.45) is 0.119. The van der Waals surface area contributed by atoms with E-state index in [1.807, 2.05) is 18.2 Å². The average Bonchev–Trinajstić information content (AvgIpc) is 2.98. The van der Waals surface area contributed by atoms with Crippen LogP contribution in [0.5, 0.6) is 0 Å². The number of hydrogen-bond donors (Lipinski definition) is 0. The molecule has 0 radical (unpaired) electrons. The van der Waals surface area contributed by atoms with Crippen LogP contribution in [-0.4, -0.2) is 35.6 Å². The highest BCUT2D eigenvalue weighted by molar-refractivity contribution is 7.10. The molecule has 1 fully saturated rings. The number of morpholine rings is 1. The van der Waals surface area contributed by atoms with Gasteiger partial charge in [0, 0.05) is 30.1 Å². The molecule has 1 saturated heterocycles. The van der Waals surface area contributed by atoms with Gasteiger partial charge in [-0.3, -0.25) is 4.90 Å². The summed E-state index contributed by atoms with van der Waals surface area (Å²) in [5.41, 5.74) is 2.22. The van der Waals surface area contributed by atoms with Crippen LogP contribution in [0.1, 0.15) is 25.0 Å². The molecule has 0 N–H and O–H groups in total. The number of hydrogen-bond acceptors (Lipinski definition) is 4. The summed E-state index contributed by atoms with van der Waals surface area (Å²) in [7, 11) is 0. The molecule has 2 heterocycles. The number of thiazole rings is 1. The van der Waals surface area contributed by atoms with Crippen molar-refractivity contribution in [3.05, 3.63) is 40.7 Å². The Bertz CT molecular complexity index is 553. The lowest BCUT2D eigenvalue weighted by Gasteiger charge is -2.34. The van der Waals surface area contributed by atoms with Crippen LogP contribution in [0.25, 0.3) is 11.3 Å². The molecular weight excluding hydrogens is 268 g/mol. The van der Waals surface area contributed by atoms with Crippen molar-refractivity contribution in [2.24, 2.45) is 0 Å². The highest BCUT2D eigenvalue weighted by Gasteiger charge is 2.25. The van der Waals surface area contributed by atoms with E-state index in [9.17, 15) is 0 Å². The van der Waals surface area contributed by atoms with Gasteiger partial charge in [0.15, 0.2) is 0 Å². The molecule has 1 aliphatic rings. The first-order chi connectivity index (χ1) is 9.74. The van der Waals surface area contributed by atoms with Crippen molar-refractivity contribution in [3.63, 3.8) is 0 Å². The number of ether oxygens (including phenoxy) is 1. The number of aromatic nitrogens is 1. The first kappa shape index (κ1) is 13.7. The normalized spacial score (nSPS) is 20.4. The molecule has 0 bridgehead atoms. The molecule has 3 rings (SSSR count). The second kappa shape index (κ2) is 6.04. The van der Waals surface area contributed by atoms with Crippen LogP contribution < -0.4 is 0 Å². The Kier molecular flexibility index (Phi) is 4.15. The number of benzene rings is 1. The molecular formula is C16H20N2OS. The Hall–Kier alpha value is -1.23. The van der Waals surface area contributed by atoms with Gasteiger partial charge in [-0.1, -0.05) is 30.3 Å². The van der Waals surface area contributed by atoms with Crippen LogP contribution in [-0.2, 0) is 4.74 Å². The lowest BCUT2D eigenvalue weighted by atomic mass is 10.2. The Labute approximate surface area is 124 Å². The summed E-state index contributed by atoms with van der Waals surface area (Å²) in [4.78, 5) is 7.22. The SMILES string of the molecule is CC(C)N1CCOC(c2nc(-c3ccccc3)cs2)C1. The lowest BCUT2D eigenvalue weighted by molar-refractivity contribution is -0.0402. The molecule has 0 saturated carbocycles. The summed E-state index contributed by atoms with van der Waals surface area (Å²) >= 11 is 1.70. The summed E-state index contributed by atoms with van der Waals surface area (Å²) < 4.78 is 5.90. The standard InChI is InChI=1S/C16H20N2OS/c1-12(2)18-8-9-19-15(10-18)16-17-14(11-20-16)13-6-4-3-5-7-13/h3-7,11-12,15H,8-10H2,1-2H3. The Balaban J connectivity index is 1.77.